The van der Waals surface area contributed by atoms with E-state index in [9.17, 15) is 4.39 Å². The minimum atomic E-state index is -0.431. The zero-order chi connectivity index (χ0) is 11.5. The minimum Gasteiger partial charge on any atom is -0.377 e. The van der Waals surface area contributed by atoms with E-state index in [4.69, 9.17) is 16.3 Å². The molecule has 4 heteroatoms. The lowest BCUT2D eigenvalue weighted by Crippen LogP contribution is -2.08. The third-order valence-corrected chi connectivity index (χ3v) is 2.80. The summed E-state index contributed by atoms with van der Waals surface area (Å²) in [5.74, 6) is 5.54. The van der Waals surface area contributed by atoms with Crippen LogP contribution < -0.4 is 0 Å². The van der Waals surface area contributed by atoms with Crippen molar-refractivity contribution >= 4 is 11.6 Å². The van der Waals surface area contributed by atoms with Crippen molar-refractivity contribution in [3.8, 4) is 11.8 Å². The molecule has 0 amide bonds. The second-order valence-electron chi connectivity index (χ2n) is 3.73. The lowest BCUT2D eigenvalue weighted by Gasteiger charge is -2.05. The second-order valence-corrected chi connectivity index (χ2v) is 4.11. The van der Waals surface area contributed by atoms with Gasteiger partial charge in [0.05, 0.1) is 11.7 Å². The van der Waals surface area contributed by atoms with Gasteiger partial charge in [0.25, 0.3) is 0 Å². The van der Waals surface area contributed by atoms with Crippen molar-refractivity contribution in [1.82, 2.24) is 4.98 Å². The highest BCUT2D eigenvalue weighted by molar-refractivity contribution is 6.29. The van der Waals surface area contributed by atoms with Gasteiger partial charge < -0.3 is 4.74 Å². The third-order valence-electron chi connectivity index (χ3n) is 2.59. The summed E-state index contributed by atoms with van der Waals surface area (Å²) in [6.45, 7) is 2.70. The number of nitrogens with zero attached hydrogens (tertiary/aromatic N) is 1. The van der Waals surface area contributed by atoms with Crippen LogP contribution in [0.3, 0.4) is 0 Å². The first kappa shape index (κ1) is 11.4. The maximum Gasteiger partial charge on any atom is 0.143 e. The average molecular weight is 240 g/mol. The molecule has 0 aliphatic carbocycles. The van der Waals surface area contributed by atoms with Crippen molar-refractivity contribution in [3.63, 3.8) is 0 Å². The molecular formula is C12H11ClFNO. The number of halogens is 2. The summed E-state index contributed by atoms with van der Waals surface area (Å²) in [6, 6.07) is 1.17. The van der Waals surface area contributed by atoms with Crippen molar-refractivity contribution in [2.75, 3.05) is 6.61 Å². The van der Waals surface area contributed by atoms with Gasteiger partial charge in [0.1, 0.15) is 11.0 Å². The van der Waals surface area contributed by atoms with Crippen molar-refractivity contribution in [2.45, 2.75) is 19.4 Å². The van der Waals surface area contributed by atoms with E-state index in [0.29, 0.717) is 0 Å². The SMILES string of the molecule is CC1OCCC1C#Cc1cnc(Cl)cc1F. The minimum absolute atomic E-state index is 0.121. The lowest BCUT2D eigenvalue weighted by molar-refractivity contribution is 0.115. The van der Waals surface area contributed by atoms with E-state index in [1.165, 1.54) is 12.3 Å². The van der Waals surface area contributed by atoms with Crippen LogP contribution in [0.1, 0.15) is 18.9 Å². The molecule has 1 aliphatic heterocycles. The highest BCUT2D eigenvalue weighted by atomic mass is 35.5. The molecule has 0 aromatic carbocycles. The van der Waals surface area contributed by atoms with Gasteiger partial charge in [-0.2, -0.15) is 0 Å². The molecule has 1 fully saturated rings. The number of aromatic nitrogens is 1. The Labute approximate surface area is 98.8 Å². The fourth-order valence-electron chi connectivity index (χ4n) is 1.59. The van der Waals surface area contributed by atoms with Gasteiger partial charge in [-0.3, -0.25) is 0 Å². The van der Waals surface area contributed by atoms with Gasteiger partial charge in [0.2, 0.25) is 0 Å². The highest BCUT2D eigenvalue weighted by Crippen LogP contribution is 2.19. The number of ether oxygens (including phenoxy) is 1. The zero-order valence-electron chi connectivity index (χ0n) is 8.84. The fraction of sp³-hybridized carbons (Fsp3) is 0.417. The first-order valence-electron chi connectivity index (χ1n) is 5.11. The summed E-state index contributed by atoms with van der Waals surface area (Å²) in [6.07, 6.45) is 2.37. The molecule has 0 N–H and O–H groups in total. The Morgan fingerprint density at radius 2 is 2.44 bits per heavy atom. The standard InChI is InChI=1S/C12H11ClFNO/c1-8-9(4-5-16-8)2-3-10-7-15-12(13)6-11(10)14/h6-9H,4-5H2,1H3. The fourth-order valence-corrected chi connectivity index (χ4v) is 1.74. The maximum atomic E-state index is 13.4. The predicted octanol–water partition coefficient (Wildman–Crippen LogP) is 2.65. The molecule has 2 heterocycles. The van der Waals surface area contributed by atoms with E-state index in [2.05, 4.69) is 16.8 Å². The number of hydrogen-bond acceptors (Lipinski definition) is 2. The summed E-state index contributed by atoms with van der Waals surface area (Å²) in [5.41, 5.74) is 0.281. The van der Waals surface area contributed by atoms with Gasteiger partial charge in [-0.15, -0.1) is 0 Å². The van der Waals surface area contributed by atoms with Crippen molar-refractivity contribution in [2.24, 2.45) is 5.92 Å². The Balaban J connectivity index is 2.17. The van der Waals surface area contributed by atoms with Crippen molar-refractivity contribution < 1.29 is 9.13 Å². The Bertz CT molecular complexity index is 452. The molecule has 1 aliphatic rings. The molecular weight excluding hydrogens is 229 g/mol. The van der Waals surface area contributed by atoms with Gasteiger partial charge >= 0.3 is 0 Å². The Morgan fingerprint density at radius 1 is 1.62 bits per heavy atom. The Morgan fingerprint density at radius 3 is 3.06 bits per heavy atom. The van der Waals surface area contributed by atoms with Crippen LogP contribution in [0.15, 0.2) is 12.3 Å². The van der Waals surface area contributed by atoms with E-state index in [1.54, 1.807) is 0 Å². The molecule has 2 nitrogen and oxygen atoms in total. The molecule has 16 heavy (non-hydrogen) atoms. The van der Waals surface area contributed by atoms with Crippen LogP contribution >= 0.6 is 11.6 Å². The van der Waals surface area contributed by atoms with Crippen LogP contribution in [0.25, 0.3) is 0 Å². The number of pyridine rings is 1. The normalized spacial score (nSPS) is 23.9. The summed E-state index contributed by atoms with van der Waals surface area (Å²) in [7, 11) is 0. The van der Waals surface area contributed by atoms with Crippen LogP contribution in [-0.2, 0) is 4.74 Å². The molecule has 1 aromatic rings. The molecule has 1 aromatic heterocycles. The first-order chi connectivity index (χ1) is 7.66. The molecule has 2 rings (SSSR count). The van der Waals surface area contributed by atoms with E-state index in [0.717, 1.165) is 13.0 Å². The van der Waals surface area contributed by atoms with E-state index >= 15 is 0 Å². The summed E-state index contributed by atoms with van der Waals surface area (Å²) < 4.78 is 18.7. The summed E-state index contributed by atoms with van der Waals surface area (Å²) in [5, 5.41) is 0.139. The molecule has 1 saturated heterocycles. The summed E-state index contributed by atoms with van der Waals surface area (Å²) in [4.78, 5) is 3.80. The van der Waals surface area contributed by atoms with Gasteiger partial charge in [-0.25, -0.2) is 9.37 Å². The highest BCUT2D eigenvalue weighted by Gasteiger charge is 2.21. The number of rotatable bonds is 0. The van der Waals surface area contributed by atoms with Gasteiger partial charge in [0.15, 0.2) is 0 Å². The predicted molar refractivity (Wildman–Crippen MR) is 59.6 cm³/mol. The quantitative estimate of drug-likeness (QED) is 0.513. The van der Waals surface area contributed by atoms with Gasteiger partial charge in [-0.05, 0) is 13.3 Å². The number of hydrogen-bond donors (Lipinski definition) is 0. The molecule has 0 saturated carbocycles. The van der Waals surface area contributed by atoms with Crippen LogP contribution in [0.5, 0.6) is 0 Å². The van der Waals surface area contributed by atoms with Gasteiger partial charge in [0, 0.05) is 24.8 Å². The second kappa shape index (κ2) is 4.82. The van der Waals surface area contributed by atoms with Gasteiger partial charge in [-0.1, -0.05) is 23.4 Å². The maximum absolute atomic E-state index is 13.4. The molecule has 84 valence electrons. The Hall–Kier alpha value is -1.11. The van der Waals surface area contributed by atoms with Crippen molar-refractivity contribution in [3.05, 3.63) is 28.8 Å². The average Bonchev–Trinajstić information content (AvgIpc) is 2.63. The van der Waals surface area contributed by atoms with Crippen molar-refractivity contribution in [1.29, 1.82) is 0 Å². The molecule has 2 unspecified atom stereocenters. The molecule has 2 atom stereocenters. The molecule has 0 bridgehead atoms. The van der Waals surface area contributed by atoms with E-state index < -0.39 is 5.82 Å². The monoisotopic (exact) mass is 239 g/mol. The molecule has 0 radical (unpaired) electrons. The third kappa shape index (κ3) is 2.52. The van der Waals surface area contributed by atoms with Crippen LogP contribution in [-0.4, -0.2) is 17.7 Å². The molecule has 0 spiro atoms. The summed E-state index contributed by atoms with van der Waals surface area (Å²) >= 11 is 5.55. The smallest absolute Gasteiger partial charge is 0.143 e. The van der Waals surface area contributed by atoms with Crippen LogP contribution in [0.4, 0.5) is 4.39 Å². The first-order valence-corrected chi connectivity index (χ1v) is 5.49. The largest absolute Gasteiger partial charge is 0.377 e. The lowest BCUT2D eigenvalue weighted by atomic mass is 10.0. The van der Waals surface area contributed by atoms with E-state index in [-0.39, 0.29) is 22.7 Å². The van der Waals surface area contributed by atoms with Crippen LogP contribution in [0, 0.1) is 23.6 Å². The zero-order valence-corrected chi connectivity index (χ0v) is 9.59. The van der Waals surface area contributed by atoms with E-state index in [1.807, 2.05) is 6.92 Å². The topological polar surface area (TPSA) is 22.1 Å². The Kier molecular flexibility index (Phi) is 3.42. The van der Waals surface area contributed by atoms with Crippen LogP contribution in [0.2, 0.25) is 5.15 Å².